The lowest BCUT2D eigenvalue weighted by atomic mass is 10.1. The van der Waals surface area contributed by atoms with E-state index < -0.39 is 6.09 Å². The molecule has 28 heavy (non-hydrogen) atoms. The van der Waals surface area contributed by atoms with Gasteiger partial charge in [0.25, 0.3) is 5.91 Å². The summed E-state index contributed by atoms with van der Waals surface area (Å²) in [6, 6.07) is 12.9. The van der Waals surface area contributed by atoms with Gasteiger partial charge in [0.15, 0.2) is 6.61 Å². The van der Waals surface area contributed by atoms with Crippen molar-refractivity contribution in [3.8, 4) is 5.75 Å². The van der Waals surface area contributed by atoms with Gasteiger partial charge in [0.1, 0.15) is 5.75 Å². The topological polar surface area (TPSA) is 76.7 Å². The Kier molecular flexibility index (Phi) is 6.53. The fourth-order valence-electron chi connectivity index (χ4n) is 3.05. The molecule has 148 valence electrons. The number of rotatable bonds is 7. The molecule has 1 aliphatic rings. The standard InChI is InChI=1S/C22H26N2O4/c1-15(2)13-28-22(26)24-19-8-4-7-18(12-19)23-21(25)14-27-20-10-9-16-5-3-6-17(16)11-20/h4,7-12,15H,3,5-6,13-14H2,1-2H3,(H,23,25)(H,24,26). The van der Waals surface area contributed by atoms with Crippen LogP contribution in [0.1, 0.15) is 31.4 Å². The molecule has 1 aliphatic carbocycles. The van der Waals surface area contributed by atoms with E-state index in [0.29, 0.717) is 23.7 Å². The van der Waals surface area contributed by atoms with Gasteiger partial charge in [-0.05, 0) is 66.6 Å². The minimum atomic E-state index is -0.517. The normalized spacial score (nSPS) is 12.4. The SMILES string of the molecule is CC(C)COC(=O)Nc1cccc(NC(=O)COc2ccc3c(c2)CCC3)c1. The number of hydrogen-bond donors (Lipinski definition) is 2. The van der Waals surface area contributed by atoms with Crippen LogP contribution in [0.5, 0.6) is 5.75 Å². The number of carbonyl (C=O) groups is 2. The predicted molar refractivity (Wildman–Crippen MR) is 109 cm³/mol. The first kappa shape index (κ1) is 19.7. The van der Waals surface area contributed by atoms with Crippen molar-refractivity contribution >= 4 is 23.4 Å². The van der Waals surface area contributed by atoms with Crippen molar-refractivity contribution in [1.82, 2.24) is 0 Å². The molecule has 0 saturated heterocycles. The molecule has 0 fully saturated rings. The van der Waals surface area contributed by atoms with Crippen LogP contribution in [-0.4, -0.2) is 25.2 Å². The Balaban J connectivity index is 1.49. The summed E-state index contributed by atoms with van der Waals surface area (Å²) >= 11 is 0. The molecule has 0 spiro atoms. The first-order chi connectivity index (χ1) is 13.5. The number of benzene rings is 2. The maximum absolute atomic E-state index is 12.2. The number of amides is 2. The van der Waals surface area contributed by atoms with Gasteiger partial charge in [-0.2, -0.15) is 0 Å². The maximum atomic E-state index is 12.2. The highest BCUT2D eigenvalue weighted by Crippen LogP contribution is 2.26. The molecule has 0 aromatic heterocycles. The summed E-state index contributed by atoms with van der Waals surface area (Å²) in [5.74, 6) is 0.709. The van der Waals surface area contributed by atoms with E-state index in [1.165, 1.54) is 17.5 Å². The Morgan fingerprint density at radius 3 is 2.54 bits per heavy atom. The van der Waals surface area contributed by atoms with Gasteiger partial charge < -0.3 is 14.8 Å². The van der Waals surface area contributed by atoms with Gasteiger partial charge in [-0.15, -0.1) is 0 Å². The minimum Gasteiger partial charge on any atom is -0.484 e. The van der Waals surface area contributed by atoms with Crippen molar-refractivity contribution in [1.29, 1.82) is 0 Å². The fraction of sp³-hybridized carbons (Fsp3) is 0.364. The molecule has 2 aromatic carbocycles. The number of carbonyl (C=O) groups excluding carboxylic acids is 2. The summed E-state index contributed by atoms with van der Waals surface area (Å²) in [5, 5.41) is 5.42. The molecule has 0 saturated carbocycles. The third-order valence-corrected chi connectivity index (χ3v) is 4.38. The van der Waals surface area contributed by atoms with Crippen molar-refractivity contribution in [3.63, 3.8) is 0 Å². The average Bonchev–Trinajstić information content (AvgIpc) is 3.13. The van der Waals surface area contributed by atoms with Crippen LogP contribution in [0.2, 0.25) is 0 Å². The smallest absolute Gasteiger partial charge is 0.411 e. The van der Waals surface area contributed by atoms with Crippen LogP contribution in [-0.2, 0) is 22.4 Å². The molecule has 2 N–H and O–H groups in total. The van der Waals surface area contributed by atoms with Crippen LogP contribution in [0.15, 0.2) is 42.5 Å². The van der Waals surface area contributed by atoms with E-state index in [0.717, 1.165) is 12.8 Å². The molecular formula is C22H26N2O4. The quantitative estimate of drug-likeness (QED) is 0.744. The first-order valence-corrected chi connectivity index (χ1v) is 9.58. The molecule has 6 heteroatoms. The zero-order valence-electron chi connectivity index (χ0n) is 16.3. The minimum absolute atomic E-state index is 0.0765. The molecule has 0 heterocycles. The van der Waals surface area contributed by atoms with E-state index in [2.05, 4.69) is 16.7 Å². The van der Waals surface area contributed by atoms with Gasteiger partial charge in [0.2, 0.25) is 0 Å². The highest BCUT2D eigenvalue weighted by atomic mass is 16.5. The van der Waals surface area contributed by atoms with Gasteiger partial charge in [-0.3, -0.25) is 10.1 Å². The van der Waals surface area contributed by atoms with Crippen molar-refractivity contribution in [3.05, 3.63) is 53.6 Å². The zero-order chi connectivity index (χ0) is 19.9. The third kappa shape index (κ3) is 5.74. The molecule has 0 atom stereocenters. The van der Waals surface area contributed by atoms with Gasteiger partial charge in [-0.1, -0.05) is 26.0 Å². The summed E-state index contributed by atoms with van der Waals surface area (Å²) in [6.45, 7) is 4.21. The van der Waals surface area contributed by atoms with E-state index in [4.69, 9.17) is 9.47 Å². The Morgan fingerprint density at radius 2 is 1.75 bits per heavy atom. The van der Waals surface area contributed by atoms with Crippen LogP contribution in [0.3, 0.4) is 0 Å². The van der Waals surface area contributed by atoms with Crippen molar-refractivity contribution in [2.75, 3.05) is 23.8 Å². The van der Waals surface area contributed by atoms with Gasteiger partial charge in [0, 0.05) is 11.4 Å². The number of aryl methyl sites for hydroxylation is 2. The molecule has 3 rings (SSSR count). The van der Waals surface area contributed by atoms with Crippen LogP contribution >= 0.6 is 0 Å². The Hall–Kier alpha value is -3.02. The lowest BCUT2D eigenvalue weighted by Gasteiger charge is -2.11. The molecule has 6 nitrogen and oxygen atoms in total. The van der Waals surface area contributed by atoms with Crippen molar-refractivity contribution in [2.24, 2.45) is 5.92 Å². The van der Waals surface area contributed by atoms with Gasteiger partial charge in [0.05, 0.1) is 6.61 Å². The van der Waals surface area contributed by atoms with Crippen molar-refractivity contribution < 1.29 is 19.1 Å². The Bertz CT molecular complexity index is 848. The molecular weight excluding hydrogens is 356 g/mol. The highest BCUT2D eigenvalue weighted by Gasteiger charge is 2.12. The predicted octanol–water partition coefficient (Wildman–Crippen LogP) is 4.40. The lowest BCUT2D eigenvalue weighted by molar-refractivity contribution is -0.118. The number of nitrogens with one attached hydrogen (secondary N) is 2. The van der Waals surface area contributed by atoms with E-state index in [1.807, 2.05) is 26.0 Å². The third-order valence-electron chi connectivity index (χ3n) is 4.38. The number of ether oxygens (including phenoxy) is 2. The summed E-state index contributed by atoms with van der Waals surface area (Å²) < 4.78 is 10.7. The van der Waals surface area contributed by atoms with Crippen molar-refractivity contribution in [2.45, 2.75) is 33.1 Å². The maximum Gasteiger partial charge on any atom is 0.411 e. The molecule has 0 aliphatic heterocycles. The zero-order valence-corrected chi connectivity index (χ0v) is 16.3. The Morgan fingerprint density at radius 1 is 1.00 bits per heavy atom. The van der Waals surface area contributed by atoms with Crippen LogP contribution < -0.4 is 15.4 Å². The van der Waals surface area contributed by atoms with E-state index in [-0.39, 0.29) is 18.4 Å². The summed E-state index contributed by atoms with van der Waals surface area (Å²) in [7, 11) is 0. The molecule has 2 aromatic rings. The van der Waals surface area contributed by atoms with Crippen LogP contribution in [0, 0.1) is 5.92 Å². The van der Waals surface area contributed by atoms with E-state index in [9.17, 15) is 9.59 Å². The second kappa shape index (κ2) is 9.26. The van der Waals surface area contributed by atoms with Crippen LogP contribution in [0.25, 0.3) is 0 Å². The fourth-order valence-corrected chi connectivity index (χ4v) is 3.05. The van der Waals surface area contributed by atoms with Gasteiger partial charge in [-0.25, -0.2) is 4.79 Å². The molecule has 0 radical (unpaired) electrons. The number of anilines is 2. The number of hydrogen-bond acceptors (Lipinski definition) is 4. The second-order valence-corrected chi connectivity index (χ2v) is 7.32. The summed E-state index contributed by atoms with van der Waals surface area (Å²) in [5.41, 5.74) is 3.80. The summed E-state index contributed by atoms with van der Waals surface area (Å²) in [6.07, 6.45) is 2.84. The first-order valence-electron chi connectivity index (χ1n) is 9.58. The molecule has 2 amide bonds. The lowest BCUT2D eigenvalue weighted by Crippen LogP contribution is -2.20. The second-order valence-electron chi connectivity index (χ2n) is 7.32. The average molecular weight is 382 g/mol. The summed E-state index contributed by atoms with van der Waals surface area (Å²) in [4.78, 5) is 23.9. The molecule has 0 bridgehead atoms. The highest BCUT2D eigenvalue weighted by molar-refractivity contribution is 5.93. The number of fused-ring (bicyclic) bond motifs is 1. The molecule has 0 unspecified atom stereocenters. The van der Waals surface area contributed by atoms with Gasteiger partial charge >= 0.3 is 6.09 Å². The van der Waals surface area contributed by atoms with Crippen LogP contribution in [0.4, 0.5) is 16.2 Å². The monoisotopic (exact) mass is 382 g/mol. The van der Waals surface area contributed by atoms with E-state index >= 15 is 0 Å². The Labute approximate surface area is 165 Å². The largest absolute Gasteiger partial charge is 0.484 e. The van der Waals surface area contributed by atoms with E-state index in [1.54, 1.807) is 24.3 Å².